The van der Waals surface area contributed by atoms with E-state index < -0.39 is 0 Å². The van der Waals surface area contributed by atoms with Crippen LogP contribution < -0.4 is 0 Å². The minimum Gasteiger partial charge on any atom is -0.429 e. The molecule has 2 aromatic heterocycles. The van der Waals surface area contributed by atoms with E-state index in [9.17, 15) is 0 Å². The zero-order chi connectivity index (χ0) is 14.9. The Kier molecular flexibility index (Phi) is 3.20. The highest BCUT2D eigenvalue weighted by molar-refractivity contribution is 7.98. The Morgan fingerprint density at radius 3 is 2.50 bits per heavy atom. The third kappa shape index (κ3) is 2.19. The topological polar surface area (TPSA) is 54.7 Å². The number of aromatic nitrogens is 3. The third-order valence-corrected chi connectivity index (χ3v) is 4.06. The van der Waals surface area contributed by atoms with Gasteiger partial charge in [-0.1, -0.05) is 42.1 Å². The van der Waals surface area contributed by atoms with Crippen LogP contribution in [0.3, 0.4) is 0 Å². The summed E-state index contributed by atoms with van der Waals surface area (Å²) < 4.78 is 5.89. The van der Waals surface area contributed by atoms with Crippen molar-refractivity contribution in [1.82, 2.24) is 15.0 Å². The molecule has 0 spiro atoms. The summed E-state index contributed by atoms with van der Waals surface area (Å²) in [4.78, 5) is 12.5. The molecule has 0 radical (unpaired) electrons. The molecule has 2 aromatic carbocycles. The lowest BCUT2D eigenvalue weighted by atomic mass is 10.2. The van der Waals surface area contributed by atoms with Crippen LogP contribution in [0.15, 0.2) is 64.1 Å². The van der Waals surface area contributed by atoms with E-state index in [1.54, 1.807) is 0 Å². The van der Waals surface area contributed by atoms with Crippen molar-refractivity contribution in [2.45, 2.75) is 5.09 Å². The van der Waals surface area contributed by atoms with Crippen LogP contribution in [0, 0.1) is 0 Å². The molecule has 5 heteroatoms. The van der Waals surface area contributed by atoms with Crippen molar-refractivity contribution in [2.75, 3.05) is 6.26 Å². The Hall–Kier alpha value is -2.53. The van der Waals surface area contributed by atoms with Gasteiger partial charge in [0.05, 0.1) is 11.0 Å². The van der Waals surface area contributed by atoms with E-state index in [0.29, 0.717) is 5.89 Å². The van der Waals surface area contributed by atoms with Gasteiger partial charge in [-0.15, -0.1) is 0 Å². The Bertz CT molecular complexity index is 894. The van der Waals surface area contributed by atoms with Crippen LogP contribution in [0.1, 0.15) is 0 Å². The number of hydrogen-bond acceptors (Lipinski definition) is 4. The van der Waals surface area contributed by atoms with E-state index in [4.69, 9.17) is 4.42 Å². The summed E-state index contributed by atoms with van der Waals surface area (Å²) in [5, 5.41) is 0.762. The van der Waals surface area contributed by atoms with Gasteiger partial charge in [0.2, 0.25) is 5.89 Å². The molecule has 0 saturated carbocycles. The molecule has 1 N–H and O–H groups in total. The Morgan fingerprint density at radius 2 is 1.73 bits per heavy atom. The van der Waals surface area contributed by atoms with E-state index in [0.717, 1.165) is 33.2 Å². The molecule has 4 nitrogen and oxygen atoms in total. The van der Waals surface area contributed by atoms with Crippen molar-refractivity contribution in [3.8, 4) is 23.0 Å². The zero-order valence-electron chi connectivity index (χ0n) is 11.9. The maximum Gasteiger partial charge on any atom is 0.228 e. The van der Waals surface area contributed by atoms with Gasteiger partial charge in [-0.25, -0.2) is 9.97 Å². The summed E-state index contributed by atoms with van der Waals surface area (Å²) in [7, 11) is 0. The van der Waals surface area contributed by atoms with E-state index in [1.165, 1.54) is 11.8 Å². The van der Waals surface area contributed by atoms with Crippen molar-refractivity contribution in [1.29, 1.82) is 0 Å². The molecule has 108 valence electrons. The number of nitrogens with zero attached hydrogens (tertiary/aromatic N) is 2. The first-order valence-corrected chi connectivity index (χ1v) is 8.13. The van der Waals surface area contributed by atoms with Gasteiger partial charge in [0.1, 0.15) is 0 Å². The Labute approximate surface area is 131 Å². The predicted molar refractivity (Wildman–Crippen MR) is 88.8 cm³/mol. The van der Waals surface area contributed by atoms with Crippen molar-refractivity contribution in [3.63, 3.8) is 0 Å². The molecule has 0 aliphatic heterocycles. The lowest BCUT2D eigenvalue weighted by Gasteiger charge is -1.92. The molecular weight excluding hydrogens is 294 g/mol. The number of benzene rings is 2. The highest BCUT2D eigenvalue weighted by atomic mass is 32.2. The normalized spacial score (nSPS) is 11.1. The lowest BCUT2D eigenvalue weighted by molar-refractivity contribution is 0.486. The number of nitrogens with one attached hydrogen (secondary N) is 1. The first-order chi connectivity index (χ1) is 10.8. The van der Waals surface area contributed by atoms with Crippen LogP contribution in [0.2, 0.25) is 0 Å². The second-order valence-electron chi connectivity index (χ2n) is 4.83. The van der Waals surface area contributed by atoms with Crippen molar-refractivity contribution >= 4 is 22.8 Å². The van der Waals surface area contributed by atoms with Gasteiger partial charge in [-0.3, -0.25) is 0 Å². The molecule has 0 saturated heterocycles. The molecule has 2 heterocycles. The van der Waals surface area contributed by atoms with E-state index in [1.807, 2.05) is 60.9 Å². The average molecular weight is 307 g/mol. The summed E-state index contributed by atoms with van der Waals surface area (Å²) in [5.41, 5.74) is 3.63. The fourth-order valence-corrected chi connectivity index (χ4v) is 2.86. The summed E-state index contributed by atoms with van der Waals surface area (Å²) in [5.74, 6) is 1.34. The maximum absolute atomic E-state index is 5.89. The first kappa shape index (κ1) is 13.2. The van der Waals surface area contributed by atoms with Crippen molar-refractivity contribution in [3.05, 3.63) is 54.6 Å². The predicted octanol–water partition coefficient (Wildman–Crippen LogP) is 4.61. The SMILES string of the molecule is CSc1oc(-c2ccccc2)nc1-c1nc2ccccc2[nH]1. The van der Waals surface area contributed by atoms with Crippen LogP contribution in [0.5, 0.6) is 0 Å². The van der Waals surface area contributed by atoms with Gasteiger partial charge >= 0.3 is 0 Å². The molecule has 0 bridgehead atoms. The summed E-state index contributed by atoms with van der Waals surface area (Å²) >= 11 is 1.53. The Balaban J connectivity index is 1.85. The fourth-order valence-electron chi connectivity index (χ4n) is 2.36. The van der Waals surface area contributed by atoms with Crippen LogP contribution in [0.25, 0.3) is 34.0 Å². The lowest BCUT2D eigenvalue weighted by Crippen LogP contribution is -1.83. The number of H-pyrrole nitrogens is 1. The maximum atomic E-state index is 5.89. The van der Waals surface area contributed by atoms with Gasteiger partial charge in [-0.2, -0.15) is 0 Å². The average Bonchev–Trinajstić information content (AvgIpc) is 3.19. The molecule has 4 aromatic rings. The minimum atomic E-state index is 0.611. The van der Waals surface area contributed by atoms with Crippen LogP contribution in [-0.2, 0) is 0 Å². The third-order valence-electron chi connectivity index (χ3n) is 3.42. The molecule has 0 aliphatic rings. The number of para-hydroxylation sites is 2. The smallest absolute Gasteiger partial charge is 0.228 e. The molecule has 4 rings (SSSR count). The number of thioether (sulfide) groups is 1. The Morgan fingerprint density at radius 1 is 0.955 bits per heavy atom. The van der Waals surface area contributed by atoms with Gasteiger partial charge in [-0.05, 0) is 30.5 Å². The number of rotatable bonds is 3. The van der Waals surface area contributed by atoms with Gasteiger partial charge < -0.3 is 9.40 Å². The van der Waals surface area contributed by atoms with Crippen LogP contribution in [-0.4, -0.2) is 21.2 Å². The van der Waals surface area contributed by atoms with Crippen molar-refractivity contribution in [2.24, 2.45) is 0 Å². The summed E-state index contributed by atoms with van der Waals surface area (Å²) in [6.45, 7) is 0. The molecule has 0 aliphatic carbocycles. The van der Waals surface area contributed by atoms with Gasteiger partial charge in [0.15, 0.2) is 16.6 Å². The largest absolute Gasteiger partial charge is 0.429 e. The van der Waals surface area contributed by atoms with Gasteiger partial charge in [0.25, 0.3) is 0 Å². The molecule has 22 heavy (non-hydrogen) atoms. The number of imidazole rings is 1. The number of hydrogen-bond donors (Lipinski definition) is 1. The van der Waals surface area contributed by atoms with E-state index in [-0.39, 0.29) is 0 Å². The minimum absolute atomic E-state index is 0.611. The monoisotopic (exact) mass is 307 g/mol. The molecular formula is C17H13N3OS. The van der Waals surface area contributed by atoms with E-state index in [2.05, 4.69) is 15.0 Å². The quantitative estimate of drug-likeness (QED) is 0.562. The number of fused-ring (bicyclic) bond motifs is 1. The summed E-state index contributed by atoms with van der Waals surface area (Å²) in [6.07, 6.45) is 1.97. The second kappa shape index (κ2) is 5.35. The fraction of sp³-hybridized carbons (Fsp3) is 0.0588. The molecule has 0 unspecified atom stereocenters. The number of aromatic amines is 1. The second-order valence-corrected chi connectivity index (χ2v) is 5.61. The van der Waals surface area contributed by atoms with Crippen LogP contribution >= 0.6 is 11.8 Å². The number of oxazole rings is 1. The molecule has 0 fully saturated rings. The first-order valence-electron chi connectivity index (χ1n) is 6.90. The molecule has 0 atom stereocenters. The molecule has 0 amide bonds. The highest BCUT2D eigenvalue weighted by Gasteiger charge is 2.18. The van der Waals surface area contributed by atoms with Crippen molar-refractivity contribution < 1.29 is 4.42 Å². The zero-order valence-corrected chi connectivity index (χ0v) is 12.7. The standard InChI is InChI=1S/C17H13N3OS/c1-22-17-14(15-18-12-9-5-6-10-13(12)19-15)20-16(21-17)11-7-3-2-4-8-11/h2-10H,1H3,(H,18,19). The highest BCUT2D eigenvalue weighted by Crippen LogP contribution is 2.33. The van der Waals surface area contributed by atoms with Crippen LogP contribution in [0.4, 0.5) is 0 Å². The summed E-state index contributed by atoms with van der Waals surface area (Å²) in [6, 6.07) is 17.8. The van der Waals surface area contributed by atoms with E-state index >= 15 is 0 Å². The van der Waals surface area contributed by atoms with Gasteiger partial charge in [0, 0.05) is 5.56 Å².